The first-order chi connectivity index (χ1) is 10.6. The van der Waals surface area contributed by atoms with Crippen molar-refractivity contribution in [2.75, 3.05) is 20.2 Å². The molecule has 2 aromatic carbocycles. The molecule has 0 saturated carbocycles. The van der Waals surface area contributed by atoms with Crippen molar-refractivity contribution in [3.05, 3.63) is 65.2 Å². The number of aryl methyl sites for hydroxylation is 1. The zero-order valence-electron chi connectivity index (χ0n) is 12.7. The lowest BCUT2D eigenvalue weighted by Gasteiger charge is -2.17. The molecule has 0 heterocycles. The van der Waals surface area contributed by atoms with Gasteiger partial charge >= 0.3 is 0 Å². The van der Waals surface area contributed by atoms with Gasteiger partial charge < -0.3 is 9.64 Å². The molecule has 0 N–H and O–H groups in total. The van der Waals surface area contributed by atoms with E-state index in [2.05, 4.69) is 0 Å². The van der Waals surface area contributed by atoms with E-state index in [-0.39, 0.29) is 5.91 Å². The van der Waals surface area contributed by atoms with Crippen LogP contribution >= 0.6 is 0 Å². The molecule has 0 aliphatic heterocycles. The summed E-state index contributed by atoms with van der Waals surface area (Å²) < 4.78 is 5.62. The summed E-state index contributed by atoms with van der Waals surface area (Å²) >= 11 is 0. The predicted molar refractivity (Wildman–Crippen MR) is 84.8 cm³/mol. The van der Waals surface area contributed by atoms with Gasteiger partial charge in [0.1, 0.15) is 12.4 Å². The average molecular weight is 294 g/mol. The Hall–Kier alpha value is -2.80. The highest BCUT2D eigenvalue weighted by Gasteiger charge is 2.11. The first-order valence-corrected chi connectivity index (χ1v) is 7.05. The third kappa shape index (κ3) is 4.10. The summed E-state index contributed by atoms with van der Waals surface area (Å²) in [6, 6.07) is 16.5. The Balaban J connectivity index is 1.85. The number of ether oxygens (including phenoxy) is 1. The van der Waals surface area contributed by atoms with E-state index in [1.165, 1.54) is 5.56 Å². The fourth-order valence-electron chi connectivity index (χ4n) is 1.94. The number of hydrogen-bond donors (Lipinski definition) is 0. The molecule has 1 amide bonds. The average Bonchev–Trinajstić information content (AvgIpc) is 2.56. The second-order valence-corrected chi connectivity index (χ2v) is 5.08. The number of benzene rings is 2. The molecule has 0 atom stereocenters. The monoisotopic (exact) mass is 294 g/mol. The Bertz CT molecular complexity index is 670. The van der Waals surface area contributed by atoms with Crippen LogP contribution in [0.3, 0.4) is 0 Å². The van der Waals surface area contributed by atoms with Crippen LogP contribution in [0, 0.1) is 18.3 Å². The maximum absolute atomic E-state index is 12.2. The van der Waals surface area contributed by atoms with Gasteiger partial charge in [0.2, 0.25) is 0 Å². The number of hydrogen-bond acceptors (Lipinski definition) is 3. The van der Waals surface area contributed by atoms with Crippen LogP contribution in [-0.4, -0.2) is 31.0 Å². The molecule has 0 unspecified atom stereocenters. The van der Waals surface area contributed by atoms with Gasteiger partial charge in [0.05, 0.1) is 18.2 Å². The SMILES string of the molecule is Cc1ccc(OCCN(C)C(=O)c2ccc(C#N)cc2)cc1. The Kier molecular flexibility index (Phi) is 5.16. The molecule has 0 bridgehead atoms. The third-order valence-electron chi connectivity index (χ3n) is 3.32. The molecule has 4 nitrogen and oxygen atoms in total. The topological polar surface area (TPSA) is 53.3 Å². The van der Waals surface area contributed by atoms with Crippen molar-refractivity contribution in [2.24, 2.45) is 0 Å². The van der Waals surface area contributed by atoms with Crippen molar-refractivity contribution in [3.8, 4) is 11.8 Å². The number of carbonyl (C=O) groups excluding carboxylic acids is 1. The summed E-state index contributed by atoms with van der Waals surface area (Å²) in [5.41, 5.74) is 2.29. The molecule has 0 fully saturated rings. The summed E-state index contributed by atoms with van der Waals surface area (Å²) in [5, 5.41) is 8.76. The first kappa shape index (κ1) is 15.6. The first-order valence-electron chi connectivity index (χ1n) is 7.05. The zero-order valence-corrected chi connectivity index (χ0v) is 12.7. The van der Waals surface area contributed by atoms with Crippen molar-refractivity contribution in [1.82, 2.24) is 4.90 Å². The van der Waals surface area contributed by atoms with Crippen LogP contribution in [0.4, 0.5) is 0 Å². The van der Waals surface area contributed by atoms with Gasteiger partial charge in [-0.05, 0) is 43.3 Å². The van der Waals surface area contributed by atoms with Gasteiger partial charge in [-0.3, -0.25) is 4.79 Å². The summed E-state index contributed by atoms with van der Waals surface area (Å²) in [7, 11) is 1.74. The lowest BCUT2D eigenvalue weighted by molar-refractivity contribution is 0.0774. The Morgan fingerprint density at radius 2 is 1.77 bits per heavy atom. The van der Waals surface area contributed by atoms with Crippen LogP contribution < -0.4 is 4.74 Å². The molecule has 4 heteroatoms. The van der Waals surface area contributed by atoms with Crippen LogP contribution in [0.25, 0.3) is 0 Å². The number of rotatable bonds is 5. The van der Waals surface area contributed by atoms with Crippen molar-refractivity contribution in [1.29, 1.82) is 5.26 Å². The number of amides is 1. The standard InChI is InChI=1S/C18H18N2O2/c1-14-3-9-17(10-4-14)22-12-11-20(2)18(21)16-7-5-15(13-19)6-8-16/h3-10H,11-12H2,1-2H3. The van der Waals surface area contributed by atoms with Crippen LogP contribution in [0.5, 0.6) is 5.75 Å². The quantitative estimate of drug-likeness (QED) is 0.851. The highest BCUT2D eigenvalue weighted by molar-refractivity contribution is 5.94. The molecule has 2 aromatic rings. The summed E-state index contributed by atoms with van der Waals surface area (Å²) in [4.78, 5) is 13.8. The Morgan fingerprint density at radius 3 is 2.36 bits per heavy atom. The second-order valence-electron chi connectivity index (χ2n) is 5.08. The molecular formula is C18H18N2O2. The highest BCUT2D eigenvalue weighted by atomic mass is 16.5. The van der Waals surface area contributed by atoms with Gasteiger partial charge in [-0.25, -0.2) is 0 Å². The molecule has 0 aliphatic carbocycles. The maximum atomic E-state index is 12.2. The van der Waals surface area contributed by atoms with E-state index < -0.39 is 0 Å². The van der Waals surface area contributed by atoms with Gasteiger partial charge in [-0.2, -0.15) is 5.26 Å². The molecule has 0 radical (unpaired) electrons. The molecule has 0 spiro atoms. The Labute approximate surface area is 130 Å². The van der Waals surface area contributed by atoms with E-state index in [0.717, 1.165) is 5.75 Å². The van der Waals surface area contributed by atoms with Gasteiger partial charge in [0, 0.05) is 12.6 Å². The largest absolute Gasteiger partial charge is 0.492 e. The molecule has 2 rings (SSSR count). The summed E-state index contributed by atoms with van der Waals surface area (Å²) in [6.07, 6.45) is 0. The number of carbonyl (C=O) groups is 1. The Morgan fingerprint density at radius 1 is 1.14 bits per heavy atom. The lowest BCUT2D eigenvalue weighted by atomic mass is 10.1. The van der Waals surface area contributed by atoms with E-state index in [9.17, 15) is 4.79 Å². The van der Waals surface area contributed by atoms with E-state index in [1.807, 2.05) is 37.3 Å². The number of nitriles is 1. The molecule has 22 heavy (non-hydrogen) atoms. The van der Waals surface area contributed by atoms with E-state index >= 15 is 0 Å². The second kappa shape index (κ2) is 7.28. The third-order valence-corrected chi connectivity index (χ3v) is 3.32. The number of likely N-dealkylation sites (N-methyl/N-ethyl adjacent to an activating group) is 1. The fraction of sp³-hybridized carbons (Fsp3) is 0.222. The van der Waals surface area contributed by atoms with Crippen LogP contribution in [0.1, 0.15) is 21.5 Å². The molecule has 0 aliphatic rings. The molecule has 0 saturated heterocycles. The number of nitrogens with zero attached hydrogens (tertiary/aromatic N) is 2. The normalized spacial score (nSPS) is 9.86. The van der Waals surface area contributed by atoms with Crippen molar-refractivity contribution < 1.29 is 9.53 Å². The van der Waals surface area contributed by atoms with Gasteiger partial charge in [-0.15, -0.1) is 0 Å². The van der Waals surface area contributed by atoms with Crippen molar-refractivity contribution in [2.45, 2.75) is 6.92 Å². The fourth-order valence-corrected chi connectivity index (χ4v) is 1.94. The molecule has 112 valence electrons. The van der Waals surface area contributed by atoms with E-state index in [4.69, 9.17) is 10.00 Å². The predicted octanol–water partition coefficient (Wildman–Crippen LogP) is 3.02. The van der Waals surface area contributed by atoms with E-state index in [0.29, 0.717) is 24.3 Å². The minimum atomic E-state index is -0.0861. The minimum Gasteiger partial charge on any atom is -0.492 e. The summed E-state index contributed by atoms with van der Waals surface area (Å²) in [6.45, 7) is 2.95. The smallest absolute Gasteiger partial charge is 0.253 e. The van der Waals surface area contributed by atoms with Crippen molar-refractivity contribution in [3.63, 3.8) is 0 Å². The van der Waals surface area contributed by atoms with Crippen LogP contribution in [0.15, 0.2) is 48.5 Å². The highest BCUT2D eigenvalue weighted by Crippen LogP contribution is 2.11. The van der Waals surface area contributed by atoms with Crippen LogP contribution in [0.2, 0.25) is 0 Å². The van der Waals surface area contributed by atoms with E-state index in [1.54, 1.807) is 36.2 Å². The van der Waals surface area contributed by atoms with Gasteiger partial charge in [0.15, 0.2) is 0 Å². The molecular weight excluding hydrogens is 276 g/mol. The van der Waals surface area contributed by atoms with Crippen LogP contribution in [-0.2, 0) is 0 Å². The van der Waals surface area contributed by atoms with Crippen molar-refractivity contribution >= 4 is 5.91 Å². The maximum Gasteiger partial charge on any atom is 0.253 e. The molecule has 0 aromatic heterocycles. The minimum absolute atomic E-state index is 0.0861. The van der Waals surface area contributed by atoms with Gasteiger partial charge in [0.25, 0.3) is 5.91 Å². The summed E-state index contributed by atoms with van der Waals surface area (Å²) in [5.74, 6) is 0.710. The van der Waals surface area contributed by atoms with Gasteiger partial charge in [-0.1, -0.05) is 17.7 Å². The zero-order chi connectivity index (χ0) is 15.9. The lowest BCUT2D eigenvalue weighted by Crippen LogP contribution is -2.30.